The first kappa shape index (κ1) is 22.4. The maximum absolute atomic E-state index is 12.7. The summed E-state index contributed by atoms with van der Waals surface area (Å²) >= 11 is 0. The first-order valence-corrected chi connectivity index (χ1v) is 11.8. The number of carbonyl (C=O) groups is 2. The monoisotopic (exact) mass is 438 g/mol. The number of aliphatic imine (C=N–C) groups is 1. The van der Waals surface area contributed by atoms with Gasteiger partial charge in [0.15, 0.2) is 5.96 Å². The van der Waals surface area contributed by atoms with Crippen LogP contribution >= 0.6 is 0 Å². The Bertz CT molecular complexity index is 867. The van der Waals surface area contributed by atoms with Crippen LogP contribution in [0.4, 0.5) is 0 Å². The molecule has 1 aliphatic heterocycles. The van der Waals surface area contributed by atoms with Crippen molar-refractivity contribution in [1.82, 2.24) is 15.5 Å². The Labute approximate surface area is 190 Å². The summed E-state index contributed by atoms with van der Waals surface area (Å²) in [4.78, 5) is 31.2. The molecule has 1 saturated carbocycles. The minimum Gasteiger partial charge on any atom is -0.494 e. The molecule has 2 amide bonds. The lowest BCUT2D eigenvalue weighted by molar-refractivity contribution is -0.140. The molecule has 1 heterocycles. The molecule has 2 bridgehead atoms. The van der Waals surface area contributed by atoms with Gasteiger partial charge in [0.2, 0.25) is 11.8 Å². The Balaban J connectivity index is 1.19. The number of guanidine groups is 1. The zero-order chi connectivity index (χ0) is 22.5. The van der Waals surface area contributed by atoms with Gasteiger partial charge in [0.25, 0.3) is 0 Å². The number of fused-ring (bicyclic) bond motifs is 5. The molecular weight excluding hydrogens is 404 g/mol. The quantitative estimate of drug-likeness (QED) is 0.193. The van der Waals surface area contributed by atoms with Gasteiger partial charge in [-0.15, -0.1) is 0 Å². The predicted molar refractivity (Wildman–Crippen MR) is 124 cm³/mol. The van der Waals surface area contributed by atoms with Crippen molar-refractivity contribution < 1.29 is 14.3 Å². The summed E-state index contributed by atoms with van der Waals surface area (Å²) in [6.07, 6.45) is 8.09. The summed E-state index contributed by atoms with van der Waals surface area (Å²) in [5, 5.41) is 6.58. The Morgan fingerprint density at radius 1 is 1.12 bits per heavy atom. The van der Waals surface area contributed by atoms with E-state index >= 15 is 0 Å². The zero-order valence-electron chi connectivity index (χ0n) is 19.0. The Kier molecular flexibility index (Phi) is 7.12. The molecule has 2 fully saturated rings. The number of rotatable bonds is 10. The summed E-state index contributed by atoms with van der Waals surface area (Å²) in [6.45, 7) is 4.61. The van der Waals surface area contributed by atoms with Crippen molar-refractivity contribution in [3.05, 3.63) is 42.0 Å². The molecule has 2 aliphatic carbocycles. The van der Waals surface area contributed by atoms with E-state index in [0.717, 1.165) is 37.2 Å². The van der Waals surface area contributed by atoms with Crippen LogP contribution in [0.3, 0.4) is 0 Å². The number of nitrogens with one attached hydrogen (secondary N) is 2. The van der Waals surface area contributed by atoms with Crippen molar-refractivity contribution in [2.75, 3.05) is 26.7 Å². The van der Waals surface area contributed by atoms with E-state index in [1.165, 1.54) is 4.90 Å². The van der Waals surface area contributed by atoms with Crippen LogP contribution in [-0.2, 0) is 16.1 Å². The third kappa shape index (κ3) is 4.66. The van der Waals surface area contributed by atoms with Crippen molar-refractivity contribution in [2.24, 2.45) is 28.7 Å². The lowest BCUT2D eigenvalue weighted by atomic mass is 9.85. The van der Waals surface area contributed by atoms with Crippen LogP contribution in [0, 0.1) is 23.7 Å². The summed E-state index contributed by atoms with van der Waals surface area (Å²) in [5.74, 6) is 1.95. The number of imide groups is 1. The molecule has 7 nitrogen and oxygen atoms in total. The second kappa shape index (κ2) is 10.2. The number of hydrogen-bond donors (Lipinski definition) is 2. The van der Waals surface area contributed by atoms with Gasteiger partial charge in [-0.3, -0.25) is 19.5 Å². The Morgan fingerprint density at radius 3 is 2.56 bits per heavy atom. The number of amides is 2. The van der Waals surface area contributed by atoms with E-state index in [1.54, 1.807) is 7.05 Å². The summed E-state index contributed by atoms with van der Waals surface area (Å²) in [5.41, 5.74) is 1.12. The van der Waals surface area contributed by atoms with Crippen LogP contribution in [0.1, 0.15) is 38.2 Å². The normalized spacial score (nSPS) is 26.1. The van der Waals surface area contributed by atoms with E-state index in [1.807, 2.05) is 18.2 Å². The number of hydrogen-bond acceptors (Lipinski definition) is 4. The molecule has 4 atom stereocenters. The highest BCUT2D eigenvalue weighted by atomic mass is 16.5. The number of likely N-dealkylation sites (tertiary alicyclic amines) is 1. The topological polar surface area (TPSA) is 83.0 Å². The Hall–Kier alpha value is -2.83. The average Bonchev–Trinajstić information content (AvgIpc) is 3.48. The molecule has 0 aromatic heterocycles. The minimum atomic E-state index is -0.110. The van der Waals surface area contributed by atoms with Gasteiger partial charge in [-0.1, -0.05) is 37.6 Å². The molecule has 4 unspecified atom stereocenters. The maximum Gasteiger partial charge on any atom is 0.233 e. The number of benzene rings is 1. The third-order valence-electron chi connectivity index (χ3n) is 6.76. The average molecular weight is 439 g/mol. The first-order valence-electron chi connectivity index (χ1n) is 11.8. The third-order valence-corrected chi connectivity index (χ3v) is 6.76. The van der Waals surface area contributed by atoms with Gasteiger partial charge in [0.05, 0.1) is 18.4 Å². The fourth-order valence-electron chi connectivity index (χ4n) is 5.11. The molecule has 7 heteroatoms. The van der Waals surface area contributed by atoms with Gasteiger partial charge in [0, 0.05) is 26.7 Å². The van der Waals surface area contributed by atoms with E-state index in [0.29, 0.717) is 32.0 Å². The molecule has 1 aromatic rings. The van der Waals surface area contributed by atoms with Crippen molar-refractivity contribution >= 4 is 17.8 Å². The van der Waals surface area contributed by atoms with E-state index < -0.39 is 0 Å². The van der Waals surface area contributed by atoms with Crippen LogP contribution in [0.2, 0.25) is 0 Å². The lowest BCUT2D eigenvalue weighted by Crippen LogP contribution is -2.39. The second-order valence-corrected chi connectivity index (χ2v) is 8.88. The van der Waals surface area contributed by atoms with Crippen molar-refractivity contribution in [3.63, 3.8) is 0 Å². The number of allylic oxidation sites excluding steroid dienone is 2. The van der Waals surface area contributed by atoms with Gasteiger partial charge >= 0.3 is 0 Å². The number of unbranched alkanes of at least 4 members (excludes halogenated alkanes) is 1. The highest BCUT2D eigenvalue weighted by Crippen LogP contribution is 2.52. The van der Waals surface area contributed by atoms with E-state index in [4.69, 9.17) is 4.74 Å². The van der Waals surface area contributed by atoms with E-state index in [2.05, 4.69) is 40.8 Å². The van der Waals surface area contributed by atoms with Crippen LogP contribution in [0.5, 0.6) is 5.75 Å². The molecule has 0 radical (unpaired) electrons. The first-order chi connectivity index (χ1) is 15.6. The predicted octanol–water partition coefficient (Wildman–Crippen LogP) is 2.73. The highest BCUT2D eigenvalue weighted by Gasteiger charge is 2.58. The minimum absolute atomic E-state index is 0.0281. The highest BCUT2D eigenvalue weighted by molar-refractivity contribution is 6.06. The molecule has 1 aromatic carbocycles. The van der Waals surface area contributed by atoms with Crippen LogP contribution in [-0.4, -0.2) is 49.4 Å². The van der Waals surface area contributed by atoms with Crippen LogP contribution in [0.25, 0.3) is 0 Å². The number of carbonyl (C=O) groups excluding carboxylic acids is 2. The maximum atomic E-state index is 12.7. The number of ether oxygens (including phenoxy) is 1. The molecule has 172 valence electrons. The molecule has 3 aliphatic rings. The molecular formula is C25H34N4O3. The Morgan fingerprint density at radius 2 is 1.88 bits per heavy atom. The van der Waals surface area contributed by atoms with Crippen molar-refractivity contribution in [2.45, 2.75) is 39.2 Å². The van der Waals surface area contributed by atoms with Crippen LogP contribution < -0.4 is 15.4 Å². The molecule has 2 N–H and O–H groups in total. The van der Waals surface area contributed by atoms with Gasteiger partial charge < -0.3 is 15.4 Å². The molecule has 32 heavy (non-hydrogen) atoms. The van der Waals surface area contributed by atoms with Crippen LogP contribution in [0.15, 0.2) is 41.4 Å². The summed E-state index contributed by atoms with van der Waals surface area (Å²) in [7, 11) is 1.73. The smallest absolute Gasteiger partial charge is 0.233 e. The van der Waals surface area contributed by atoms with Gasteiger partial charge in [0.1, 0.15) is 5.75 Å². The SMILES string of the molecule is CCCCOc1cccc(CNC(=NC)NCCCN2C(=O)C3C4C=CC(C4)C3C2=O)c1. The fourth-order valence-corrected chi connectivity index (χ4v) is 5.11. The molecule has 0 spiro atoms. The largest absolute Gasteiger partial charge is 0.494 e. The zero-order valence-corrected chi connectivity index (χ0v) is 19.0. The van der Waals surface area contributed by atoms with Gasteiger partial charge in [-0.05, 0) is 48.8 Å². The van der Waals surface area contributed by atoms with Crippen molar-refractivity contribution in [3.8, 4) is 5.75 Å². The molecule has 1 saturated heterocycles. The second-order valence-electron chi connectivity index (χ2n) is 8.88. The number of nitrogens with zero attached hydrogens (tertiary/aromatic N) is 2. The van der Waals surface area contributed by atoms with Gasteiger partial charge in [-0.2, -0.15) is 0 Å². The van der Waals surface area contributed by atoms with E-state index in [9.17, 15) is 9.59 Å². The van der Waals surface area contributed by atoms with Crippen molar-refractivity contribution in [1.29, 1.82) is 0 Å². The molecule has 4 rings (SSSR count). The lowest BCUT2D eigenvalue weighted by Gasteiger charge is -2.18. The van der Waals surface area contributed by atoms with E-state index in [-0.39, 0.29) is 35.5 Å². The summed E-state index contributed by atoms with van der Waals surface area (Å²) in [6, 6.07) is 8.06. The van der Waals surface area contributed by atoms with Gasteiger partial charge in [-0.25, -0.2) is 0 Å². The fraction of sp³-hybridized carbons (Fsp3) is 0.560. The standard InChI is InChI=1S/C25H34N4O3/c1-3-4-13-32-20-8-5-7-17(14-20)16-28-25(26-2)27-11-6-12-29-23(30)21-18-9-10-19(15-18)22(21)24(29)31/h5,7-10,14,18-19,21-22H,3-4,6,11-13,15-16H2,1-2H3,(H2,26,27,28). The summed E-state index contributed by atoms with van der Waals surface area (Å²) < 4.78 is 5.77.